The maximum atomic E-state index is 11.4. The predicted molar refractivity (Wildman–Crippen MR) is 129 cm³/mol. The molecular weight excluding hydrogens is 462 g/mol. The summed E-state index contributed by atoms with van der Waals surface area (Å²) < 4.78 is 9.49. The highest BCUT2D eigenvalue weighted by atomic mass is 16.5. The highest BCUT2D eigenvalue weighted by Gasteiger charge is 2.28. The predicted octanol–water partition coefficient (Wildman–Crippen LogP) is 2.80. The van der Waals surface area contributed by atoms with Gasteiger partial charge < -0.3 is 15.2 Å². The Morgan fingerprint density at radius 2 is 2.11 bits per heavy atom. The minimum atomic E-state index is -0.754. The standard InChI is InChI=1S/C24H27N9O3/c1-15-20(36-17-6-3-5-16(13-17)23(34)35)8-7-18(28-15)22-19(32(2)31-30-22)14-26-24-25-11-9-21(29-24)33-12-4-10-27-33/h4,7-12,16-17H,3,5-6,13-14H2,1-2H3,(H,34,35)(H,25,26,29)/t16-,17-/m0/s1. The van der Waals surface area contributed by atoms with Crippen molar-refractivity contribution in [2.45, 2.75) is 45.3 Å². The number of hydrogen-bond donors (Lipinski definition) is 2. The molecule has 0 bridgehead atoms. The molecule has 1 saturated carbocycles. The van der Waals surface area contributed by atoms with E-state index < -0.39 is 5.97 Å². The van der Waals surface area contributed by atoms with Gasteiger partial charge in [-0.25, -0.2) is 19.3 Å². The van der Waals surface area contributed by atoms with E-state index in [0.29, 0.717) is 54.0 Å². The fourth-order valence-electron chi connectivity index (χ4n) is 4.36. The van der Waals surface area contributed by atoms with Crippen molar-refractivity contribution < 1.29 is 14.6 Å². The topological polar surface area (TPSA) is 146 Å². The van der Waals surface area contributed by atoms with Gasteiger partial charge in [-0.15, -0.1) is 5.10 Å². The molecule has 5 rings (SSSR count). The van der Waals surface area contributed by atoms with Crippen LogP contribution >= 0.6 is 0 Å². The van der Waals surface area contributed by atoms with Crippen LogP contribution in [0.4, 0.5) is 5.95 Å². The second-order valence-corrected chi connectivity index (χ2v) is 8.77. The summed E-state index contributed by atoms with van der Waals surface area (Å²) in [6.07, 6.45) is 7.95. The molecule has 1 aliphatic rings. The Hall–Kier alpha value is -4.35. The molecule has 0 amide bonds. The molecule has 0 unspecified atom stereocenters. The van der Waals surface area contributed by atoms with Gasteiger partial charge in [-0.05, 0) is 50.8 Å². The highest BCUT2D eigenvalue weighted by molar-refractivity contribution is 5.70. The average molecular weight is 490 g/mol. The van der Waals surface area contributed by atoms with E-state index >= 15 is 0 Å². The first-order valence-corrected chi connectivity index (χ1v) is 11.8. The molecule has 1 fully saturated rings. The number of pyridine rings is 1. The van der Waals surface area contributed by atoms with E-state index in [1.54, 1.807) is 27.8 Å². The van der Waals surface area contributed by atoms with Crippen LogP contribution < -0.4 is 10.1 Å². The number of aryl methyl sites for hydroxylation is 2. The van der Waals surface area contributed by atoms with E-state index in [1.807, 2.05) is 38.4 Å². The summed E-state index contributed by atoms with van der Waals surface area (Å²) in [5, 5.41) is 25.3. The van der Waals surface area contributed by atoms with Crippen molar-refractivity contribution in [2.75, 3.05) is 5.32 Å². The molecular formula is C24H27N9O3. The normalized spacial score (nSPS) is 17.6. The van der Waals surface area contributed by atoms with Crippen molar-refractivity contribution >= 4 is 11.9 Å². The lowest BCUT2D eigenvalue weighted by Gasteiger charge is -2.27. The van der Waals surface area contributed by atoms with E-state index in [2.05, 4.69) is 30.7 Å². The molecule has 4 aromatic heterocycles. The number of hydrogen-bond acceptors (Lipinski definition) is 9. The van der Waals surface area contributed by atoms with Crippen LogP contribution in [0, 0.1) is 12.8 Å². The van der Waals surface area contributed by atoms with E-state index in [-0.39, 0.29) is 12.0 Å². The van der Waals surface area contributed by atoms with Gasteiger partial charge in [0.15, 0.2) is 5.82 Å². The lowest BCUT2D eigenvalue weighted by atomic mass is 9.87. The lowest BCUT2D eigenvalue weighted by molar-refractivity contribution is -0.143. The number of aromatic nitrogens is 8. The van der Waals surface area contributed by atoms with Crippen LogP contribution in [0.5, 0.6) is 5.75 Å². The van der Waals surface area contributed by atoms with Crippen LogP contribution in [0.2, 0.25) is 0 Å². The van der Waals surface area contributed by atoms with Crippen LogP contribution in [0.15, 0.2) is 42.9 Å². The lowest BCUT2D eigenvalue weighted by Crippen LogP contribution is -2.29. The quantitative estimate of drug-likeness (QED) is 0.379. The number of carbonyl (C=O) groups is 1. The number of anilines is 1. The molecule has 12 nitrogen and oxygen atoms in total. The molecule has 12 heteroatoms. The molecule has 36 heavy (non-hydrogen) atoms. The molecule has 2 atom stereocenters. The summed E-state index contributed by atoms with van der Waals surface area (Å²) >= 11 is 0. The fourth-order valence-corrected chi connectivity index (χ4v) is 4.36. The molecule has 2 N–H and O–H groups in total. The molecule has 4 heterocycles. The summed E-state index contributed by atoms with van der Waals surface area (Å²) in [6.45, 7) is 2.26. The first-order valence-electron chi connectivity index (χ1n) is 11.8. The number of rotatable bonds is 8. The van der Waals surface area contributed by atoms with Gasteiger partial charge in [0.25, 0.3) is 0 Å². The van der Waals surface area contributed by atoms with Crippen molar-refractivity contribution in [3.8, 4) is 23.0 Å². The van der Waals surface area contributed by atoms with Crippen LogP contribution in [0.3, 0.4) is 0 Å². The molecule has 1 aliphatic carbocycles. The Morgan fingerprint density at radius 3 is 2.89 bits per heavy atom. The van der Waals surface area contributed by atoms with Crippen LogP contribution in [-0.2, 0) is 18.4 Å². The van der Waals surface area contributed by atoms with Gasteiger partial charge in [-0.3, -0.25) is 4.79 Å². The summed E-state index contributed by atoms with van der Waals surface area (Å²) in [7, 11) is 1.82. The maximum Gasteiger partial charge on any atom is 0.306 e. The zero-order valence-corrected chi connectivity index (χ0v) is 20.1. The van der Waals surface area contributed by atoms with Gasteiger partial charge in [0.1, 0.15) is 11.4 Å². The molecule has 0 spiro atoms. The van der Waals surface area contributed by atoms with Crippen LogP contribution in [0.25, 0.3) is 17.2 Å². The summed E-state index contributed by atoms with van der Waals surface area (Å²) in [4.78, 5) is 24.9. The zero-order valence-electron chi connectivity index (χ0n) is 20.1. The summed E-state index contributed by atoms with van der Waals surface area (Å²) in [5.74, 6) is 0.657. The van der Waals surface area contributed by atoms with E-state index in [4.69, 9.17) is 9.72 Å². The summed E-state index contributed by atoms with van der Waals surface area (Å²) in [5.41, 5.74) is 2.85. The van der Waals surface area contributed by atoms with Gasteiger partial charge in [-0.1, -0.05) is 5.21 Å². The van der Waals surface area contributed by atoms with Crippen LogP contribution in [-0.4, -0.2) is 56.9 Å². The SMILES string of the molecule is Cc1nc(-c2nnn(C)c2CNc2nccc(-n3cccn3)n2)ccc1O[C@H]1CCC[C@H](C(=O)O)C1. The second kappa shape index (κ2) is 10.1. The fraction of sp³-hybridized carbons (Fsp3) is 0.375. The monoisotopic (exact) mass is 489 g/mol. The van der Waals surface area contributed by atoms with Gasteiger partial charge in [-0.2, -0.15) is 10.1 Å². The van der Waals surface area contributed by atoms with Gasteiger partial charge in [0, 0.05) is 31.7 Å². The van der Waals surface area contributed by atoms with Crippen molar-refractivity contribution in [1.82, 2.24) is 39.7 Å². The van der Waals surface area contributed by atoms with Crippen LogP contribution in [0.1, 0.15) is 37.1 Å². The van der Waals surface area contributed by atoms with Crippen molar-refractivity contribution in [1.29, 1.82) is 0 Å². The second-order valence-electron chi connectivity index (χ2n) is 8.77. The third-order valence-electron chi connectivity index (χ3n) is 6.29. The average Bonchev–Trinajstić information content (AvgIpc) is 3.55. The van der Waals surface area contributed by atoms with E-state index in [1.165, 1.54) is 0 Å². The molecule has 0 saturated heterocycles. The molecule has 0 radical (unpaired) electrons. The highest BCUT2D eigenvalue weighted by Crippen LogP contribution is 2.30. The minimum absolute atomic E-state index is 0.125. The number of aliphatic carboxylic acids is 1. The minimum Gasteiger partial charge on any atom is -0.489 e. The van der Waals surface area contributed by atoms with Crippen molar-refractivity contribution in [3.05, 3.63) is 54.2 Å². The molecule has 0 aromatic carbocycles. The third kappa shape index (κ3) is 5.02. The van der Waals surface area contributed by atoms with E-state index in [9.17, 15) is 9.90 Å². The Bertz CT molecular complexity index is 1350. The Kier molecular flexibility index (Phi) is 6.56. The zero-order chi connectivity index (χ0) is 25.1. The Morgan fingerprint density at radius 1 is 1.22 bits per heavy atom. The molecule has 0 aliphatic heterocycles. The number of ether oxygens (including phenoxy) is 1. The first-order chi connectivity index (χ1) is 17.5. The molecule has 186 valence electrons. The van der Waals surface area contributed by atoms with Crippen molar-refractivity contribution in [3.63, 3.8) is 0 Å². The smallest absolute Gasteiger partial charge is 0.306 e. The van der Waals surface area contributed by atoms with E-state index in [0.717, 1.165) is 18.5 Å². The number of nitrogens with zero attached hydrogens (tertiary/aromatic N) is 8. The van der Waals surface area contributed by atoms with Gasteiger partial charge >= 0.3 is 5.97 Å². The molecule has 4 aromatic rings. The Labute approximate surface area is 207 Å². The Balaban J connectivity index is 1.30. The third-order valence-corrected chi connectivity index (χ3v) is 6.29. The van der Waals surface area contributed by atoms with Gasteiger partial charge in [0.05, 0.1) is 35.6 Å². The first kappa shape index (κ1) is 23.4. The maximum absolute atomic E-state index is 11.4. The summed E-state index contributed by atoms with van der Waals surface area (Å²) in [6, 6.07) is 7.32. The number of carboxylic acids is 1. The number of carboxylic acid groups (broad SMARTS) is 1. The van der Waals surface area contributed by atoms with Gasteiger partial charge in [0.2, 0.25) is 5.95 Å². The largest absolute Gasteiger partial charge is 0.489 e. The number of nitrogens with one attached hydrogen (secondary N) is 1. The van der Waals surface area contributed by atoms with Crippen molar-refractivity contribution in [2.24, 2.45) is 13.0 Å².